The molecule has 0 aromatic carbocycles. The molecular formula is C4H4O5S. The molecule has 0 amide bonds. The van der Waals surface area contributed by atoms with Gasteiger partial charge in [0, 0.05) is 6.92 Å². The number of hydrogen-bond donors (Lipinski definition) is 0. The van der Waals surface area contributed by atoms with E-state index in [1.807, 2.05) is 0 Å². The third-order valence-electron chi connectivity index (χ3n) is 0.385. The Kier molecular flexibility index (Phi) is 4.14. The average Bonchev–Trinajstić information content (AvgIpc) is 1.85. The van der Waals surface area contributed by atoms with Crippen LogP contribution in [0.15, 0.2) is 0 Å². The molecule has 0 bridgehead atoms. The van der Waals surface area contributed by atoms with Crippen LogP contribution in [0.1, 0.15) is 6.92 Å². The first-order valence-corrected chi connectivity index (χ1v) is 2.98. The Morgan fingerprint density at radius 2 is 2.00 bits per heavy atom. The van der Waals surface area contributed by atoms with Crippen LogP contribution in [0.4, 0.5) is 0 Å². The molecule has 0 fully saturated rings. The van der Waals surface area contributed by atoms with E-state index in [9.17, 15) is 13.8 Å². The topological polar surface area (TPSA) is 69.7 Å². The zero-order chi connectivity index (χ0) is 7.98. The Morgan fingerprint density at radius 1 is 1.40 bits per heavy atom. The number of carbonyl (C=O) groups is 2. The van der Waals surface area contributed by atoms with Crippen molar-refractivity contribution in [2.75, 3.05) is 0 Å². The van der Waals surface area contributed by atoms with Crippen LogP contribution in [-0.2, 0) is 30.6 Å². The highest BCUT2D eigenvalue weighted by Crippen LogP contribution is 1.78. The van der Waals surface area contributed by atoms with Gasteiger partial charge in [-0.15, -0.1) is 0 Å². The maximum absolute atomic E-state index is 10.2. The fourth-order valence-electron chi connectivity index (χ4n) is 0.159. The lowest BCUT2D eigenvalue weighted by molar-refractivity contribution is -0.250. The van der Waals surface area contributed by atoms with Gasteiger partial charge in [0.15, 0.2) is 0 Å². The third-order valence-corrected chi connectivity index (χ3v) is 0.674. The van der Waals surface area contributed by atoms with Crippen LogP contribution in [0.3, 0.4) is 0 Å². The maximum Gasteiger partial charge on any atom is 0.392 e. The Hall–Kier alpha value is -1.17. The lowest BCUT2D eigenvalue weighted by Gasteiger charge is -1.93. The number of rotatable bonds is 1. The summed E-state index contributed by atoms with van der Waals surface area (Å²) in [5.74, 6) is -1.74. The molecule has 0 N–H and O–H groups in total. The summed E-state index contributed by atoms with van der Waals surface area (Å²) in [6.07, 6.45) is 0. The van der Waals surface area contributed by atoms with E-state index in [0.29, 0.717) is 5.37 Å². The van der Waals surface area contributed by atoms with Gasteiger partial charge in [0.2, 0.25) is 0 Å². The molecule has 56 valence electrons. The van der Waals surface area contributed by atoms with E-state index in [2.05, 4.69) is 9.78 Å². The molecular weight excluding hydrogens is 160 g/mol. The lowest BCUT2D eigenvalue weighted by atomic mass is 10.8. The van der Waals surface area contributed by atoms with Crippen LogP contribution in [-0.4, -0.2) is 21.5 Å². The van der Waals surface area contributed by atoms with E-state index in [0.717, 1.165) is 6.92 Å². The third kappa shape index (κ3) is 4.98. The maximum atomic E-state index is 10.2. The smallest absolute Gasteiger partial charge is 0.248 e. The normalized spacial score (nSPS) is 7.70. The fraction of sp³-hybridized carbons (Fsp3) is 0.250. The summed E-state index contributed by atoms with van der Waals surface area (Å²) in [6.45, 7) is 1.07. The Balaban J connectivity index is 3.60. The van der Waals surface area contributed by atoms with Crippen LogP contribution in [0.25, 0.3) is 0 Å². The molecule has 0 aliphatic carbocycles. The van der Waals surface area contributed by atoms with Gasteiger partial charge in [0.05, 0.1) is 11.3 Å². The van der Waals surface area contributed by atoms with E-state index in [1.165, 1.54) is 0 Å². The number of hydrogen-bond acceptors (Lipinski definition) is 5. The van der Waals surface area contributed by atoms with E-state index in [1.54, 1.807) is 0 Å². The quantitative estimate of drug-likeness (QED) is 0.283. The van der Waals surface area contributed by atoms with Crippen molar-refractivity contribution in [1.82, 2.24) is 0 Å². The van der Waals surface area contributed by atoms with Crippen LogP contribution < -0.4 is 0 Å². The first-order valence-electron chi connectivity index (χ1n) is 2.17. The van der Waals surface area contributed by atoms with Gasteiger partial charge in [0.25, 0.3) is 0 Å². The molecule has 0 rings (SSSR count). The van der Waals surface area contributed by atoms with Crippen LogP contribution in [0.5, 0.6) is 0 Å². The number of carbonyl (C=O) groups excluding carboxylic acids is 2. The van der Waals surface area contributed by atoms with Crippen molar-refractivity contribution in [3.8, 4) is 0 Å². The standard InChI is InChI=1S/C4H4O5S/c1-3(5)8-9-4(6)2-10-7/h2H,1H3. The van der Waals surface area contributed by atoms with Crippen LogP contribution in [0, 0.1) is 0 Å². The first-order chi connectivity index (χ1) is 4.66. The van der Waals surface area contributed by atoms with Gasteiger partial charge in [-0.25, -0.2) is 23.6 Å². The van der Waals surface area contributed by atoms with Gasteiger partial charge in [-0.1, -0.05) is 0 Å². The second-order valence-corrected chi connectivity index (χ2v) is 1.62. The largest absolute Gasteiger partial charge is 0.392 e. The van der Waals surface area contributed by atoms with Crippen molar-refractivity contribution in [2.24, 2.45) is 0 Å². The Labute approximate surface area is 59.9 Å². The van der Waals surface area contributed by atoms with Crippen molar-refractivity contribution < 1.29 is 23.6 Å². The Morgan fingerprint density at radius 3 is 2.40 bits per heavy atom. The van der Waals surface area contributed by atoms with Gasteiger partial charge in [-0.05, 0) is 0 Å². The predicted molar refractivity (Wildman–Crippen MR) is 32.1 cm³/mol. The summed E-state index contributed by atoms with van der Waals surface area (Å²) in [4.78, 5) is 27.7. The molecule has 0 heterocycles. The van der Waals surface area contributed by atoms with Crippen LogP contribution >= 0.6 is 0 Å². The minimum atomic E-state index is -0.991. The van der Waals surface area contributed by atoms with Gasteiger partial charge < -0.3 is 0 Å². The van der Waals surface area contributed by atoms with Gasteiger partial charge in [0.1, 0.15) is 5.37 Å². The minimum Gasteiger partial charge on any atom is -0.248 e. The molecule has 0 atom stereocenters. The molecule has 6 heteroatoms. The zero-order valence-electron chi connectivity index (χ0n) is 5.03. The molecule has 5 nitrogen and oxygen atoms in total. The van der Waals surface area contributed by atoms with E-state index < -0.39 is 11.9 Å². The van der Waals surface area contributed by atoms with Crippen molar-refractivity contribution in [3.63, 3.8) is 0 Å². The fourth-order valence-corrected chi connectivity index (χ4v) is 0.277. The molecule has 10 heavy (non-hydrogen) atoms. The first kappa shape index (κ1) is 8.83. The highest BCUT2D eigenvalue weighted by Gasteiger charge is 2.00. The molecule has 0 unspecified atom stereocenters. The van der Waals surface area contributed by atoms with Crippen molar-refractivity contribution in [1.29, 1.82) is 0 Å². The summed E-state index contributed by atoms with van der Waals surface area (Å²) in [5.41, 5.74) is 0. The van der Waals surface area contributed by atoms with Crippen LogP contribution in [0.2, 0.25) is 0 Å². The molecule has 0 aliphatic rings. The highest BCUT2D eigenvalue weighted by atomic mass is 32.1. The van der Waals surface area contributed by atoms with Crippen molar-refractivity contribution >= 4 is 28.6 Å². The molecule has 0 aromatic rings. The summed E-state index contributed by atoms with van der Waals surface area (Å²) in [7, 11) is 0. The van der Waals surface area contributed by atoms with Crippen molar-refractivity contribution in [2.45, 2.75) is 6.92 Å². The molecule has 0 radical (unpaired) electrons. The van der Waals surface area contributed by atoms with Gasteiger partial charge in [-0.3, -0.25) is 0 Å². The van der Waals surface area contributed by atoms with Gasteiger partial charge in [-0.2, -0.15) is 0 Å². The average molecular weight is 164 g/mol. The molecule has 0 spiro atoms. The Bertz CT molecular complexity index is 192. The van der Waals surface area contributed by atoms with Crippen molar-refractivity contribution in [3.05, 3.63) is 0 Å². The predicted octanol–water partition coefficient (Wildman–Crippen LogP) is -0.977. The monoisotopic (exact) mass is 164 g/mol. The SMILES string of the molecule is CC(=O)OOC(=O)C=S=O. The van der Waals surface area contributed by atoms with E-state index in [4.69, 9.17) is 0 Å². The molecule has 0 aromatic heterocycles. The summed E-state index contributed by atoms with van der Waals surface area (Å²) < 4.78 is 9.60. The lowest BCUT2D eigenvalue weighted by Crippen LogP contribution is -2.09. The summed E-state index contributed by atoms with van der Waals surface area (Å²) in [5, 5.41) is 0.628. The second-order valence-electron chi connectivity index (χ2n) is 1.19. The van der Waals surface area contributed by atoms with E-state index in [-0.39, 0.29) is 11.3 Å². The van der Waals surface area contributed by atoms with E-state index >= 15 is 0 Å². The molecule has 0 aliphatic heterocycles. The zero-order valence-corrected chi connectivity index (χ0v) is 5.84. The molecule has 0 saturated heterocycles. The summed E-state index contributed by atoms with van der Waals surface area (Å²) in [6, 6.07) is 0. The van der Waals surface area contributed by atoms with Gasteiger partial charge >= 0.3 is 11.9 Å². The second kappa shape index (κ2) is 4.68. The highest BCUT2D eigenvalue weighted by molar-refractivity contribution is 7.66. The molecule has 0 saturated carbocycles. The summed E-state index contributed by atoms with van der Waals surface area (Å²) >= 11 is -0.0794. The minimum absolute atomic E-state index is 0.0794.